The number of nitrogens with one attached hydrogen (secondary N) is 2. The number of carbonyl (C=O) groups is 1. The number of aromatic nitrogens is 2. The van der Waals surface area contributed by atoms with Crippen molar-refractivity contribution in [2.45, 2.75) is 11.5 Å². The second-order valence-electron chi connectivity index (χ2n) is 6.96. The first-order chi connectivity index (χ1) is 16.0. The molecule has 0 aliphatic rings. The smallest absolute Gasteiger partial charge is 0.264 e. The third-order valence-electron chi connectivity index (χ3n) is 4.56. The monoisotopic (exact) mass is 460 g/mol. The molecule has 33 heavy (non-hydrogen) atoms. The van der Waals surface area contributed by atoms with Gasteiger partial charge in [0.1, 0.15) is 12.4 Å². The van der Waals surface area contributed by atoms with Gasteiger partial charge in [0, 0.05) is 23.6 Å². The van der Waals surface area contributed by atoms with Crippen LogP contribution >= 0.6 is 0 Å². The quantitative estimate of drug-likeness (QED) is 0.409. The van der Waals surface area contributed by atoms with E-state index in [0.29, 0.717) is 23.6 Å². The minimum atomic E-state index is -3.85. The maximum absolute atomic E-state index is 12.6. The fourth-order valence-corrected chi connectivity index (χ4v) is 3.88. The van der Waals surface area contributed by atoms with Gasteiger partial charge in [-0.15, -0.1) is 0 Å². The Bertz CT molecular complexity index is 1330. The molecule has 1 heterocycles. The highest BCUT2D eigenvalue weighted by molar-refractivity contribution is 7.92. The molecule has 0 radical (unpaired) electrons. The molecule has 0 unspecified atom stereocenters. The number of carbonyl (C=O) groups excluding carboxylic acids is 1. The van der Waals surface area contributed by atoms with E-state index in [4.69, 9.17) is 4.74 Å². The van der Waals surface area contributed by atoms with Gasteiger partial charge in [-0.3, -0.25) is 4.79 Å². The molecule has 166 valence electrons. The largest absolute Gasteiger partial charge is 0.489 e. The number of benzene rings is 3. The Morgan fingerprint density at radius 1 is 0.848 bits per heavy atom. The molecule has 9 heteroatoms. The summed E-state index contributed by atoms with van der Waals surface area (Å²) < 4.78 is 33.0. The lowest BCUT2D eigenvalue weighted by Gasteiger charge is -2.10. The average molecular weight is 461 g/mol. The van der Waals surface area contributed by atoms with Crippen LogP contribution in [-0.4, -0.2) is 24.3 Å². The Morgan fingerprint density at radius 2 is 1.58 bits per heavy atom. The van der Waals surface area contributed by atoms with Crippen LogP contribution in [0.2, 0.25) is 0 Å². The lowest BCUT2D eigenvalue weighted by atomic mass is 10.2. The van der Waals surface area contributed by atoms with Gasteiger partial charge >= 0.3 is 0 Å². The van der Waals surface area contributed by atoms with Crippen molar-refractivity contribution in [3.8, 4) is 5.75 Å². The van der Waals surface area contributed by atoms with E-state index in [1.807, 2.05) is 30.3 Å². The third-order valence-corrected chi connectivity index (χ3v) is 5.90. The second kappa shape index (κ2) is 9.92. The zero-order valence-electron chi connectivity index (χ0n) is 17.4. The number of anilines is 2. The minimum Gasteiger partial charge on any atom is -0.489 e. The van der Waals surface area contributed by atoms with Crippen LogP contribution in [0.3, 0.4) is 0 Å². The van der Waals surface area contributed by atoms with Crippen LogP contribution in [0.5, 0.6) is 5.75 Å². The van der Waals surface area contributed by atoms with Gasteiger partial charge in [0.2, 0.25) is 5.95 Å². The number of hydrogen-bond acceptors (Lipinski definition) is 6. The highest BCUT2D eigenvalue weighted by Gasteiger charge is 2.16. The van der Waals surface area contributed by atoms with E-state index in [1.165, 1.54) is 36.7 Å². The summed E-state index contributed by atoms with van der Waals surface area (Å²) in [6.07, 6.45) is 2.87. The molecule has 0 saturated carbocycles. The van der Waals surface area contributed by atoms with Crippen molar-refractivity contribution in [3.63, 3.8) is 0 Å². The molecule has 0 saturated heterocycles. The van der Waals surface area contributed by atoms with Crippen molar-refractivity contribution in [1.29, 1.82) is 0 Å². The van der Waals surface area contributed by atoms with Crippen LogP contribution in [-0.2, 0) is 16.6 Å². The first-order valence-corrected chi connectivity index (χ1v) is 11.5. The molecular weight excluding hydrogens is 440 g/mol. The molecule has 0 fully saturated rings. The summed E-state index contributed by atoms with van der Waals surface area (Å²) in [6, 6.07) is 24.0. The molecule has 0 bridgehead atoms. The van der Waals surface area contributed by atoms with E-state index < -0.39 is 10.0 Å². The number of nitrogens with zero attached hydrogens (tertiary/aromatic N) is 2. The Morgan fingerprint density at radius 3 is 2.30 bits per heavy atom. The van der Waals surface area contributed by atoms with E-state index in [9.17, 15) is 13.2 Å². The molecule has 1 aromatic heterocycles. The van der Waals surface area contributed by atoms with E-state index in [1.54, 1.807) is 30.3 Å². The minimum absolute atomic E-state index is 0.0178. The highest BCUT2D eigenvalue weighted by Crippen LogP contribution is 2.19. The van der Waals surface area contributed by atoms with Crippen LogP contribution in [0, 0.1) is 0 Å². The van der Waals surface area contributed by atoms with Crippen LogP contribution in [0.15, 0.2) is 102 Å². The Kier molecular flexibility index (Phi) is 6.61. The molecule has 1 amide bonds. The third kappa shape index (κ3) is 5.92. The van der Waals surface area contributed by atoms with E-state index in [-0.39, 0.29) is 16.8 Å². The molecule has 3 aromatic carbocycles. The summed E-state index contributed by atoms with van der Waals surface area (Å²) in [5.41, 5.74) is 1.89. The highest BCUT2D eigenvalue weighted by atomic mass is 32.2. The normalized spacial score (nSPS) is 10.9. The second-order valence-corrected chi connectivity index (χ2v) is 8.64. The Labute approximate surface area is 191 Å². The fourth-order valence-electron chi connectivity index (χ4n) is 2.92. The number of sulfonamides is 1. The van der Waals surface area contributed by atoms with Gasteiger partial charge in [0.25, 0.3) is 15.9 Å². The van der Waals surface area contributed by atoms with Gasteiger partial charge in [-0.1, -0.05) is 36.4 Å². The van der Waals surface area contributed by atoms with Crippen LogP contribution in [0.1, 0.15) is 15.9 Å². The standard InChI is InChI=1S/C24H20N4O4S/c29-23(19-8-4-9-21(16-19)32-17-18-6-2-1-3-7-18)27-20-10-12-22(13-11-20)33(30,31)28-24-25-14-5-15-26-24/h1-16H,17H2,(H,27,29)(H,25,26,28). The first kappa shape index (κ1) is 22.0. The molecule has 0 atom stereocenters. The van der Waals surface area contributed by atoms with Gasteiger partial charge in [0.15, 0.2) is 0 Å². The van der Waals surface area contributed by atoms with Crippen molar-refractivity contribution in [3.05, 3.63) is 108 Å². The van der Waals surface area contributed by atoms with E-state index >= 15 is 0 Å². The molecule has 8 nitrogen and oxygen atoms in total. The summed E-state index contributed by atoms with van der Waals surface area (Å²) in [7, 11) is -3.85. The van der Waals surface area contributed by atoms with Gasteiger partial charge in [-0.2, -0.15) is 0 Å². The average Bonchev–Trinajstić information content (AvgIpc) is 2.84. The molecule has 0 aliphatic carbocycles. The maximum atomic E-state index is 12.6. The summed E-state index contributed by atoms with van der Waals surface area (Å²) in [4.78, 5) is 20.4. The van der Waals surface area contributed by atoms with Crippen LogP contribution < -0.4 is 14.8 Å². The Hall–Kier alpha value is -4.24. The van der Waals surface area contributed by atoms with Crippen molar-refractivity contribution >= 4 is 27.6 Å². The molecule has 0 spiro atoms. The Balaban J connectivity index is 1.39. The maximum Gasteiger partial charge on any atom is 0.264 e. The van der Waals surface area contributed by atoms with Crippen LogP contribution in [0.4, 0.5) is 11.6 Å². The molecule has 0 aliphatic heterocycles. The zero-order chi connectivity index (χ0) is 23.1. The lowest BCUT2D eigenvalue weighted by molar-refractivity contribution is 0.102. The predicted molar refractivity (Wildman–Crippen MR) is 124 cm³/mol. The van der Waals surface area contributed by atoms with Crippen molar-refractivity contribution in [1.82, 2.24) is 9.97 Å². The number of ether oxygens (including phenoxy) is 1. The van der Waals surface area contributed by atoms with Crippen molar-refractivity contribution in [2.24, 2.45) is 0 Å². The SMILES string of the molecule is O=C(Nc1ccc(S(=O)(=O)Nc2ncccn2)cc1)c1cccc(OCc2ccccc2)c1. The summed E-state index contributed by atoms with van der Waals surface area (Å²) in [6.45, 7) is 0.393. The van der Waals surface area contributed by atoms with Gasteiger partial charge in [0.05, 0.1) is 4.90 Å². The fraction of sp³-hybridized carbons (Fsp3) is 0.0417. The summed E-state index contributed by atoms with van der Waals surface area (Å²) in [5, 5.41) is 2.75. The number of hydrogen-bond donors (Lipinski definition) is 2. The van der Waals surface area contributed by atoms with E-state index in [2.05, 4.69) is 20.0 Å². The van der Waals surface area contributed by atoms with Gasteiger partial charge < -0.3 is 10.1 Å². The zero-order valence-corrected chi connectivity index (χ0v) is 18.2. The lowest BCUT2D eigenvalue weighted by Crippen LogP contribution is -2.15. The molecule has 2 N–H and O–H groups in total. The summed E-state index contributed by atoms with van der Waals surface area (Å²) >= 11 is 0. The molecular formula is C24H20N4O4S. The van der Waals surface area contributed by atoms with Gasteiger partial charge in [-0.25, -0.2) is 23.1 Å². The number of amides is 1. The summed E-state index contributed by atoms with van der Waals surface area (Å²) in [5.74, 6) is 0.206. The van der Waals surface area contributed by atoms with Gasteiger partial charge in [-0.05, 0) is 54.1 Å². The number of rotatable bonds is 8. The van der Waals surface area contributed by atoms with Crippen molar-refractivity contribution in [2.75, 3.05) is 10.0 Å². The van der Waals surface area contributed by atoms with Crippen LogP contribution in [0.25, 0.3) is 0 Å². The molecule has 4 rings (SSSR count). The predicted octanol–water partition coefficient (Wildman–Crippen LogP) is 4.11. The van der Waals surface area contributed by atoms with E-state index in [0.717, 1.165) is 5.56 Å². The molecule has 4 aromatic rings. The topological polar surface area (TPSA) is 110 Å². The first-order valence-electron chi connectivity index (χ1n) is 9.98. The van der Waals surface area contributed by atoms with Crippen molar-refractivity contribution < 1.29 is 17.9 Å².